The number of halogens is 4. The summed E-state index contributed by atoms with van der Waals surface area (Å²) in [6.07, 6.45) is -4.10. The molecule has 8 heteroatoms. The molecule has 3 N–H and O–H groups in total. The molecular formula is C13H12ClF3N2OS. The third-order valence-electron chi connectivity index (χ3n) is 2.75. The van der Waals surface area contributed by atoms with Crippen LogP contribution in [0, 0.1) is 0 Å². The molecule has 114 valence electrons. The normalized spacial score (nSPS) is 13.2. The van der Waals surface area contributed by atoms with Crippen molar-refractivity contribution in [3.05, 3.63) is 51.2 Å². The topological polar surface area (TPSA) is 47.3 Å². The van der Waals surface area contributed by atoms with Gasteiger partial charge in [-0.2, -0.15) is 0 Å². The highest BCUT2D eigenvalue weighted by molar-refractivity contribution is 7.16. The minimum Gasteiger partial charge on any atom is -0.406 e. The Morgan fingerprint density at radius 3 is 2.33 bits per heavy atom. The minimum atomic E-state index is -4.69. The van der Waals surface area contributed by atoms with Crippen LogP contribution in [0.5, 0.6) is 5.75 Å². The maximum Gasteiger partial charge on any atom is 0.573 e. The maximum absolute atomic E-state index is 12.1. The Kier molecular flexibility index (Phi) is 5.10. The number of ether oxygens (including phenoxy) is 1. The maximum atomic E-state index is 12.1. The van der Waals surface area contributed by atoms with Gasteiger partial charge in [-0.25, -0.2) is 0 Å². The van der Waals surface area contributed by atoms with Crippen LogP contribution in [0.15, 0.2) is 36.4 Å². The average Bonchev–Trinajstić information content (AvgIpc) is 2.81. The van der Waals surface area contributed by atoms with Crippen molar-refractivity contribution in [3.8, 4) is 5.75 Å². The fourth-order valence-electron chi connectivity index (χ4n) is 1.84. The summed E-state index contributed by atoms with van der Waals surface area (Å²) in [5.74, 6) is 5.25. The van der Waals surface area contributed by atoms with Crippen molar-refractivity contribution < 1.29 is 17.9 Å². The molecule has 0 aliphatic heterocycles. The van der Waals surface area contributed by atoms with Crippen LogP contribution in [0.4, 0.5) is 13.2 Å². The molecule has 0 aliphatic rings. The largest absolute Gasteiger partial charge is 0.573 e. The number of thiophene rings is 1. The molecule has 1 heterocycles. The van der Waals surface area contributed by atoms with Crippen LogP contribution in [-0.4, -0.2) is 6.36 Å². The highest BCUT2D eigenvalue weighted by Gasteiger charge is 2.31. The molecule has 21 heavy (non-hydrogen) atoms. The van der Waals surface area contributed by atoms with Gasteiger partial charge in [-0.1, -0.05) is 23.7 Å². The number of alkyl halides is 3. The van der Waals surface area contributed by atoms with E-state index in [1.54, 1.807) is 18.2 Å². The van der Waals surface area contributed by atoms with Crippen LogP contribution < -0.4 is 16.0 Å². The summed E-state index contributed by atoms with van der Waals surface area (Å²) in [6.45, 7) is 0. The summed E-state index contributed by atoms with van der Waals surface area (Å²) in [5, 5.41) is 0. The molecular weight excluding hydrogens is 325 g/mol. The van der Waals surface area contributed by atoms with Crippen LogP contribution in [0.25, 0.3) is 0 Å². The van der Waals surface area contributed by atoms with Crippen LogP contribution in [0.1, 0.15) is 16.5 Å². The number of hydrogen-bond acceptors (Lipinski definition) is 4. The van der Waals surface area contributed by atoms with Gasteiger partial charge in [-0.05, 0) is 29.8 Å². The first-order chi connectivity index (χ1) is 9.87. The molecule has 0 radical (unpaired) electrons. The Balaban J connectivity index is 2.08. The van der Waals surface area contributed by atoms with Crippen molar-refractivity contribution in [2.24, 2.45) is 5.84 Å². The molecule has 1 aromatic carbocycles. The average molecular weight is 337 g/mol. The second-order valence-corrected chi connectivity index (χ2v) is 6.05. The minimum absolute atomic E-state index is 0.223. The van der Waals surface area contributed by atoms with E-state index in [9.17, 15) is 13.2 Å². The first kappa shape index (κ1) is 16.1. The number of nitrogens with one attached hydrogen (secondary N) is 1. The Morgan fingerprint density at radius 2 is 1.86 bits per heavy atom. The first-order valence-corrected chi connectivity index (χ1v) is 7.13. The summed E-state index contributed by atoms with van der Waals surface area (Å²) in [5.41, 5.74) is 3.41. The molecule has 1 unspecified atom stereocenters. The third kappa shape index (κ3) is 4.89. The summed E-state index contributed by atoms with van der Waals surface area (Å²) in [4.78, 5) is 1.03. The van der Waals surface area contributed by atoms with Gasteiger partial charge >= 0.3 is 6.36 Å². The molecule has 0 aliphatic carbocycles. The fourth-order valence-corrected chi connectivity index (χ4v) is 2.97. The number of nitrogens with two attached hydrogens (primary N) is 1. The predicted octanol–water partition coefficient (Wildman–Crippen LogP) is 4.05. The second-order valence-electron chi connectivity index (χ2n) is 4.25. The Morgan fingerprint density at radius 1 is 1.19 bits per heavy atom. The highest BCUT2D eigenvalue weighted by atomic mass is 35.5. The lowest BCUT2D eigenvalue weighted by Gasteiger charge is -2.16. The van der Waals surface area contributed by atoms with Crippen molar-refractivity contribution in [2.75, 3.05) is 0 Å². The van der Waals surface area contributed by atoms with Gasteiger partial charge < -0.3 is 4.74 Å². The number of hydrogen-bond donors (Lipinski definition) is 2. The molecule has 0 bridgehead atoms. The van der Waals surface area contributed by atoms with Gasteiger partial charge in [-0.15, -0.1) is 24.5 Å². The zero-order valence-electron chi connectivity index (χ0n) is 10.7. The van der Waals surface area contributed by atoms with Crippen molar-refractivity contribution in [1.29, 1.82) is 0 Å². The zero-order valence-corrected chi connectivity index (χ0v) is 12.2. The van der Waals surface area contributed by atoms with E-state index in [4.69, 9.17) is 17.4 Å². The molecule has 0 spiro atoms. The summed E-state index contributed by atoms with van der Waals surface area (Å²) >= 11 is 7.29. The van der Waals surface area contributed by atoms with Crippen LogP contribution in [0.3, 0.4) is 0 Å². The molecule has 0 saturated heterocycles. The molecule has 1 aromatic heterocycles. The van der Waals surface area contributed by atoms with E-state index in [-0.39, 0.29) is 11.8 Å². The molecule has 0 amide bonds. The van der Waals surface area contributed by atoms with Crippen LogP contribution >= 0.6 is 22.9 Å². The standard InChI is InChI=1S/C13H12ClF3N2OS/c14-12-6-5-10(21-12)7-11(19-18)8-1-3-9(4-2-8)20-13(15,16)17/h1-6,11,19H,7,18H2. The van der Waals surface area contributed by atoms with Crippen molar-refractivity contribution in [1.82, 2.24) is 5.43 Å². The van der Waals surface area contributed by atoms with E-state index in [0.29, 0.717) is 10.8 Å². The third-order valence-corrected chi connectivity index (χ3v) is 4.00. The van der Waals surface area contributed by atoms with Gasteiger partial charge in [0.25, 0.3) is 0 Å². The number of rotatable bonds is 5. The fraction of sp³-hybridized carbons (Fsp3) is 0.231. The smallest absolute Gasteiger partial charge is 0.406 e. The number of benzene rings is 1. The van der Waals surface area contributed by atoms with Gasteiger partial charge in [0.2, 0.25) is 0 Å². The van der Waals surface area contributed by atoms with E-state index in [0.717, 1.165) is 10.4 Å². The van der Waals surface area contributed by atoms with Gasteiger partial charge in [0, 0.05) is 11.3 Å². The highest BCUT2D eigenvalue weighted by Crippen LogP contribution is 2.28. The van der Waals surface area contributed by atoms with Crippen LogP contribution in [-0.2, 0) is 6.42 Å². The van der Waals surface area contributed by atoms with Crippen molar-refractivity contribution in [3.63, 3.8) is 0 Å². The van der Waals surface area contributed by atoms with E-state index in [1.165, 1.54) is 23.5 Å². The quantitative estimate of drug-likeness (QED) is 0.639. The first-order valence-electron chi connectivity index (χ1n) is 5.93. The summed E-state index contributed by atoms with van der Waals surface area (Å²) in [7, 11) is 0. The summed E-state index contributed by atoms with van der Waals surface area (Å²) < 4.78 is 40.8. The molecule has 0 saturated carbocycles. The van der Waals surface area contributed by atoms with E-state index in [1.807, 2.05) is 6.07 Å². The van der Waals surface area contributed by atoms with E-state index < -0.39 is 6.36 Å². The van der Waals surface area contributed by atoms with Crippen LogP contribution in [0.2, 0.25) is 4.34 Å². The molecule has 1 atom stereocenters. The monoisotopic (exact) mass is 336 g/mol. The lowest BCUT2D eigenvalue weighted by molar-refractivity contribution is -0.274. The molecule has 2 aromatic rings. The van der Waals surface area contributed by atoms with Crippen molar-refractivity contribution >= 4 is 22.9 Å². The molecule has 3 nitrogen and oxygen atoms in total. The second kappa shape index (κ2) is 6.65. The van der Waals surface area contributed by atoms with Gasteiger partial charge in [0.05, 0.1) is 10.4 Å². The Bertz CT molecular complexity index is 586. The van der Waals surface area contributed by atoms with E-state index >= 15 is 0 Å². The Hall–Kier alpha value is -1.28. The van der Waals surface area contributed by atoms with Gasteiger partial charge in [0.15, 0.2) is 0 Å². The lowest BCUT2D eigenvalue weighted by Crippen LogP contribution is -2.29. The van der Waals surface area contributed by atoms with Crippen molar-refractivity contribution in [2.45, 2.75) is 18.8 Å². The zero-order chi connectivity index (χ0) is 15.5. The van der Waals surface area contributed by atoms with E-state index in [2.05, 4.69) is 10.2 Å². The lowest BCUT2D eigenvalue weighted by atomic mass is 10.0. The predicted molar refractivity (Wildman–Crippen MR) is 76.2 cm³/mol. The number of hydrazine groups is 1. The molecule has 2 rings (SSSR count). The molecule has 0 fully saturated rings. The summed E-state index contributed by atoms with van der Waals surface area (Å²) in [6, 6.07) is 9.05. The Labute approximate surface area is 128 Å². The van der Waals surface area contributed by atoms with Gasteiger partial charge in [0.1, 0.15) is 5.75 Å². The van der Waals surface area contributed by atoms with Gasteiger partial charge in [-0.3, -0.25) is 11.3 Å². The SMILES string of the molecule is NNC(Cc1ccc(Cl)s1)c1ccc(OC(F)(F)F)cc1.